The third kappa shape index (κ3) is 6.81. The van der Waals surface area contributed by atoms with Crippen LogP contribution in [-0.2, 0) is 14.8 Å². The number of carbonyl (C=O) groups is 1. The van der Waals surface area contributed by atoms with Gasteiger partial charge in [0.25, 0.3) is 0 Å². The van der Waals surface area contributed by atoms with Gasteiger partial charge in [0.05, 0.1) is 11.9 Å². The minimum absolute atomic E-state index is 0.191. The minimum Gasteiger partial charge on any atom is -0.354 e. The Morgan fingerprint density at radius 3 is 2.52 bits per heavy atom. The zero-order chi connectivity index (χ0) is 20.0. The van der Waals surface area contributed by atoms with E-state index in [1.165, 1.54) is 17.1 Å². The topological polar surface area (TPSA) is 69.7 Å². The maximum atomic E-state index is 12.3. The second-order valence-corrected chi connectivity index (χ2v) is 9.69. The molecule has 1 aliphatic heterocycles. The van der Waals surface area contributed by atoms with Crippen LogP contribution in [0.2, 0.25) is 0 Å². The Kier molecular flexibility index (Phi) is 7.68. The molecule has 0 aromatic heterocycles. The normalized spacial score (nSPS) is 16.3. The quantitative estimate of drug-likeness (QED) is 0.686. The number of anilines is 1. The highest BCUT2D eigenvalue weighted by molar-refractivity contribution is 7.92. The summed E-state index contributed by atoms with van der Waals surface area (Å²) in [7, 11) is -3.54. The van der Waals surface area contributed by atoms with Crippen molar-refractivity contribution in [3.63, 3.8) is 0 Å². The summed E-state index contributed by atoms with van der Waals surface area (Å²) in [5.74, 6) is 0.542. The number of carbonyl (C=O) groups excluding carboxylic acids is 1. The Labute approximate surface area is 164 Å². The lowest BCUT2D eigenvalue weighted by atomic mass is 9.99. The molecule has 0 saturated carbocycles. The van der Waals surface area contributed by atoms with Gasteiger partial charge in [0.15, 0.2) is 0 Å². The first kappa shape index (κ1) is 21.7. The molecule has 1 N–H and O–H groups in total. The first-order chi connectivity index (χ1) is 12.7. The van der Waals surface area contributed by atoms with Gasteiger partial charge < -0.3 is 10.2 Å². The summed E-state index contributed by atoms with van der Waals surface area (Å²) in [6.07, 6.45) is 4.50. The largest absolute Gasteiger partial charge is 0.354 e. The molecule has 27 heavy (non-hydrogen) atoms. The van der Waals surface area contributed by atoms with Crippen molar-refractivity contribution < 1.29 is 13.2 Å². The number of likely N-dealkylation sites (tertiary alicyclic amines) is 1. The number of amides is 1. The standard InChI is InChI=1S/C20H33N3O3S/c1-16-8-12-22(13-9-16)11-5-10-21-20(24)15-23(27(4,25)26)19-7-6-17(2)14-18(19)3/h6-7,14,16H,5,8-13,15H2,1-4H3,(H,21,24). The molecule has 0 unspecified atom stereocenters. The van der Waals surface area contributed by atoms with Crippen LogP contribution in [0.3, 0.4) is 0 Å². The van der Waals surface area contributed by atoms with Crippen molar-refractivity contribution >= 4 is 21.6 Å². The number of piperidine rings is 1. The third-order valence-electron chi connectivity index (χ3n) is 5.16. The van der Waals surface area contributed by atoms with Crippen LogP contribution in [-0.4, -0.2) is 58.2 Å². The monoisotopic (exact) mass is 395 g/mol. The van der Waals surface area contributed by atoms with E-state index in [2.05, 4.69) is 17.1 Å². The fraction of sp³-hybridized carbons (Fsp3) is 0.650. The molecule has 0 spiro atoms. The number of nitrogens with zero attached hydrogens (tertiary/aromatic N) is 2. The van der Waals surface area contributed by atoms with Crippen LogP contribution in [0.4, 0.5) is 5.69 Å². The van der Waals surface area contributed by atoms with Crippen LogP contribution in [0, 0.1) is 19.8 Å². The molecule has 0 aliphatic carbocycles. The molecule has 0 bridgehead atoms. The van der Waals surface area contributed by atoms with Gasteiger partial charge in [-0.2, -0.15) is 0 Å². The molecule has 1 heterocycles. The van der Waals surface area contributed by atoms with Crippen molar-refractivity contribution in [1.82, 2.24) is 10.2 Å². The van der Waals surface area contributed by atoms with Gasteiger partial charge in [-0.05, 0) is 70.3 Å². The number of rotatable bonds is 8. The maximum Gasteiger partial charge on any atom is 0.240 e. The number of aryl methyl sites for hydroxylation is 2. The third-order valence-corrected chi connectivity index (χ3v) is 6.28. The fourth-order valence-corrected chi connectivity index (χ4v) is 4.38. The van der Waals surface area contributed by atoms with E-state index in [1.807, 2.05) is 26.0 Å². The Morgan fingerprint density at radius 1 is 1.26 bits per heavy atom. The molecule has 152 valence electrons. The van der Waals surface area contributed by atoms with Gasteiger partial charge in [0.2, 0.25) is 15.9 Å². The van der Waals surface area contributed by atoms with Gasteiger partial charge >= 0.3 is 0 Å². The van der Waals surface area contributed by atoms with E-state index >= 15 is 0 Å². The number of benzene rings is 1. The van der Waals surface area contributed by atoms with Crippen LogP contribution in [0.1, 0.15) is 37.3 Å². The number of sulfonamides is 1. The van der Waals surface area contributed by atoms with E-state index in [0.29, 0.717) is 12.2 Å². The van der Waals surface area contributed by atoms with Crippen molar-refractivity contribution in [2.24, 2.45) is 5.92 Å². The van der Waals surface area contributed by atoms with Crippen LogP contribution in [0.5, 0.6) is 0 Å². The highest BCUT2D eigenvalue weighted by Crippen LogP contribution is 2.23. The summed E-state index contributed by atoms with van der Waals surface area (Å²) in [4.78, 5) is 14.8. The molecule has 2 rings (SSSR count). The lowest BCUT2D eigenvalue weighted by Gasteiger charge is -2.30. The van der Waals surface area contributed by atoms with E-state index in [9.17, 15) is 13.2 Å². The van der Waals surface area contributed by atoms with Crippen molar-refractivity contribution in [1.29, 1.82) is 0 Å². The van der Waals surface area contributed by atoms with E-state index in [4.69, 9.17) is 0 Å². The molecule has 6 nitrogen and oxygen atoms in total. The Bertz CT molecular complexity index is 741. The minimum atomic E-state index is -3.54. The molecule has 0 radical (unpaired) electrons. The number of nitrogens with one attached hydrogen (secondary N) is 1. The summed E-state index contributed by atoms with van der Waals surface area (Å²) in [6.45, 7) is 9.71. The molecule has 1 aliphatic rings. The van der Waals surface area contributed by atoms with Gasteiger partial charge in [0, 0.05) is 6.54 Å². The van der Waals surface area contributed by atoms with Gasteiger partial charge in [-0.25, -0.2) is 8.42 Å². The first-order valence-electron chi connectivity index (χ1n) is 9.71. The summed E-state index contributed by atoms with van der Waals surface area (Å²) in [5, 5.41) is 2.86. The lowest BCUT2D eigenvalue weighted by Crippen LogP contribution is -2.41. The summed E-state index contributed by atoms with van der Waals surface area (Å²) >= 11 is 0. The molecular weight excluding hydrogens is 362 g/mol. The van der Waals surface area contributed by atoms with Crippen molar-refractivity contribution in [3.8, 4) is 0 Å². The van der Waals surface area contributed by atoms with Crippen LogP contribution in [0.15, 0.2) is 18.2 Å². The highest BCUT2D eigenvalue weighted by Gasteiger charge is 2.22. The molecule has 7 heteroatoms. The molecule has 0 atom stereocenters. The summed E-state index contributed by atoms with van der Waals surface area (Å²) in [6, 6.07) is 5.54. The van der Waals surface area contributed by atoms with E-state index in [1.54, 1.807) is 6.07 Å². The van der Waals surface area contributed by atoms with Crippen LogP contribution < -0.4 is 9.62 Å². The Hall–Kier alpha value is -1.60. The van der Waals surface area contributed by atoms with Crippen LogP contribution in [0.25, 0.3) is 0 Å². The summed E-state index contributed by atoms with van der Waals surface area (Å²) in [5.41, 5.74) is 2.45. The smallest absolute Gasteiger partial charge is 0.240 e. The molecule has 1 aromatic carbocycles. The summed E-state index contributed by atoms with van der Waals surface area (Å²) < 4.78 is 25.6. The predicted octanol–water partition coefficient (Wildman–Crippen LogP) is 2.31. The Balaban J connectivity index is 1.85. The second kappa shape index (κ2) is 9.55. The van der Waals surface area contributed by atoms with E-state index in [-0.39, 0.29) is 12.5 Å². The fourth-order valence-electron chi connectivity index (χ4n) is 3.47. The average molecular weight is 396 g/mol. The SMILES string of the molecule is Cc1ccc(N(CC(=O)NCCCN2CCC(C)CC2)S(C)(=O)=O)c(C)c1. The van der Waals surface area contributed by atoms with Crippen LogP contribution >= 0.6 is 0 Å². The van der Waals surface area contributed by atoms with Gasteiger partial charge in [0.1, 0.15) is 6.54 Å². The molecule has 1 saturated heterocycles. The second-order valence-electron chi connectivity index (χ2n) is 7.79. The van der Waals surface area contributed by atoms with E-state index < -0.39 is 10.0 Å². The lowest BCUT2D eigenvalue weighted by molar-refractivity contribution is -0.119. The number of hydrogen-bond acceptors (Lipinski definition) is 4. The zero-order valence-corrected chi connectivity index (χ0v) is 17.8. The molecule has 1 fully saturated rings. The van der Waals surface area contributed by atoms with Crippen molar-refractivity contribution in [2.45, 2.75) is 40.0 Å². The first-order valence-corrected chi connectivity index (χ1v) is 11.6. The van der Waals surface area contributed by atoms with Gasteiger partial charge in [-0.15, -0.1) is 0 Å². The highest BCUT2D eigenvalue weighted by atomic mass is 32.2. The van der Waals surface area contributed by atoms with Crippen molar-refractivity contribution in [3.05, 3.63) is 29.3 Å². The Morgan fingerprint density at radius 2 is 1.93 bits per heavy atom. The zero-order valence-electron chi connectivity index (χ0n) is 17.0. The average Bonchev–Trinajstić information content (AvgIpc) is 2.58. The predicted molar refractivity (Wildman–Crippen MR) is 111 cm³/mol. The molecule has 1 amide bonds. The van der Waals surface area contributed by atoms with Gasteiger partial charge in [-0.1, -0.05) is 24.6 Å². The van der Waals surface area contributed by atoms with Gasteiger partial charge in [-0.3, -0.25) is 9.10 Å². The maximum absolute atomic E-state index is 12.3. The molecular formula is C20H33N3O3S. The molecule has 1 aromatic rings. The number of hydrogen-bond donors (Lipinski definition) is 1. The van der Waals surface area contributed by atoms with Crippen molar-refractivity contribution in [2.75, 3.05) is 43.3 Å². The van der Waals surface area contributed by atoms with E-state index in [0.717, 1.165) is 49.4 Å².